The normalized spacial score (nSPS) is 25.8. The third-order valence-corrected chi connectivity index (χ3v) is 2.67. The maximum atomic E-state index is 4.09. The van der Waals surface area contributed by atoms with Gasteiger partial charge < -0.3 is 0 Å². The van der Waals surface area contributed by atoms with Crippen molar-refractivity contribution >= 4 is 0 Å². The molecular weight excluding hydrogens is 144 g/mol. The van der Waals surface area contributed by atoms with Gasteiger partial charge in [-0.1, -0.05) is 44.7 Å². The van der Waals surface area contributed by atoms with Gasteiger partial charge in [0.1, 0.15) is 0 Å². The third kappa shape index (κ3) is 1.69. The van der Waals surface area contributed by atoms with Gasteiger partial charge in [-0.05, 0) is 30.3 Å². The molecular formula is C12H18. The Hall–Kier alpha value is -0.780. The molecule has 0 aliphatic heterocycles. The summed E-state index contributed by atoms with van der Waals surface area (Å²) in [5.41, 5.74) is 3.00. The SMILES string of the molecule is C=CC=C1C(=C)CCCC1(C)C. The van der Waals surface area contributed by atoms with Gasteiger partial charge in [0, 0.05) is 0 Å². The summed E-state index contributed by atoms with van der Waals surface area (Å²) in [6.45, 7) is 12.4. The summed E-state index contributed by atoms with van der Waals surface area (Å²) in [6, 6.07) is 0. The van der Waals surface area contributed by atoms with Crippen molar-refractivity contribution in [1.82, 2.24) is 0 Å². The molecule has 0 amide bonds. The van der Waals surface area contributed by atoms with Crippen LogP contribution in [0.5, 0.6) is 0 Å². The molecule has 0 aromatic carbocycles. The van der Waals surface area contributed by atoms with Crippen LogP contribution in [-0.2, 0) is 0 Å². The van der Waals surface area contributed by atoms with E-state index >= 15 is 0 Å². The second-order valence-electron chi connectivity index (χ2n) is 4.16. The molecule has 1 fully saturated rings. The van der Waals surface area contributed by atoms with Crippen molar-refractivity contribution in [2.45, 2.75) is 33.1 Å². The molecule has 0 heterocycles. The molecule has 0 unspecified atom stereocenters. The van der Waals surface area contributed by atoms with Gasteiger partial charge in [-0.25, -0.2) is 0 Å². The number of rotatable bonds is 1. The zero-order valence-corrected chi connectivity index (χ0v) is 8.19. The lowest BCUT2D eigenvalue weighted by Crippen LogP contribution is -2.20. The highest BCUT2D eigenvalue weighted by atomic mass is 14.3. The van der Waals surface area contributed by atoms with Crippen molar-refractivity contribution in [3.05, 3.63) is 36.5 Å². The van der Waals surface area contributed by atoms with Gasteiger partial charge in [0.05, 0.1) is 0 Å². The van der Waals surface area contributed by atoms with Gasteiger partial charge in [0.2, 0.25) is 0 Å². The average Bonchev–Trinajstić information content (AvgIpc) is 1.97. The van der Waals surface area contributed by atoms with Crippen molar-refractivity contribution < 1.29 is 0 Å². The van der Waals surface area contributed by atoms with Crippen LogP contribution in [0.25, 0.3) is 0 Å². The number of hydrogen-bond donors (Lipinski definition) is 0. The Balaban J connectivity index is 2.96. The Morgan fingerprint density at radius 3 is 2.58 bits per heavy atom. The van der Waals surface area contributed by atoms with Crippen LogP contribution in [0, 0.1) is 5.41 Å². The molecule has 0 atom stereocenters. The predicted octanol–water partition coefficient (Wildman–Crippen LogP) is 3.87. The Kier molecular flexibility index (Phi) is 2.56. The molecule has 0 nitrogen and oxygen atoms in total. The zero-order valence-electron chi connectivity index (χ0n) is 8.19. The van der Waals surface area contributed by atoms with Crippen LogP contribution in [0.15, 0.2) is 36.5 Å². The van der Waals surface area contributed by atoms with Gasteiger partial charge in [0.15, 0.2) is 0 Å². The van der Waals surface area contributed by atoms with Gasteiger partial charge >= 0.3 is 0 Å². The van der Waals surface area contributed by atoms with E-state index in [0.717, 1.165) is 6.42 Å². The minimum Gasteiger partial charge on any atom is -0.0991 e. The first-order chi connectivity index (χ1) is 5.58. The van der Waals surface area contributed by atoms with Crippen molar-refractivity contribution in [3.8, 4) is 0 Å². The largest absolute Gasteiger partial charge is 0.0991 e. The lowest BCUT2D eigenvalue weighted by Gasteiger charge is -2.34. The minimum atomic E-state index is 0.309. The lowest BCUT2D eigenvalue weighted by molar-refractivity contribution is 0.371. The third-order valence-electron chi connectivity index (χ3n) is 2.67. The van der Waals surface area contributed by atoms with E-state index < -0.39 is 0 Å². The van der Waals surface area contributed by atoms with Gasteiger partial charge in [-0.2, -0.15) is 0 Å². The van der Waals surface area contributed by atoms with Crippen molar-refractivity contribution in [3.63, 3.8) is 0 Å². The second kappa shape index (κ2) is 3.30. The van der Waals surface area contributed by atoms with E-state index in [2.05, 4.69) is 33.1 Å². The van der Waals surface area contributed by atoms with E-state index in [-0.39, 0.29) is 0 Å². The molecule has 0 heteroatoms. The van der Waals surface area contributed by atoms with Crippen LogP contribution in [-0.4, -0.2) is 0 Å². The molecule has 0 radical (unpaired) electrons. The first kappa shape index (κ1) is 9.31. The molecule has 1 rings (SSSR count). The van der Waals surface area contributed by atoms with Crippen LogP contribution in [0.2, 0.25) is 0 Å². The van der Waals surface area contributed by atoms with Crippen LogP contribution in [0.3, 0.4) is 0 Å². The molecule has 0 N–H and O–H groups in total. The summed E-state index contributed by atoms with van der Waals surface area (Å²) in [4.78, 5) is 0. The number of hydrogen-bond acceptors (Lipinski definition) is 0. The summed E-state index contributed by atoms with van der Waals surface area (Å²) in [7, 11) is 0. The van der Waals surface area contributed by atoms with Gasteiger partial charge in [-0.3, -0.25) is 0 Å². The average molecular weight is 162 g/mol. The molecule has 66 valence electrons. The Labute approximate surface area is 75.7 Å². The van der Waals surface area contributed by atoms with E-state index in [0.29, 0.717) is 5.41 Å². The van der Waals surface area contributed by atoms with Gasteiger partial charge in [0.25, 0.3) is 0 Å². The molecule has 12 heavy (non-hydrogen) atoms. The first-order valence-corrected chi connectivity index (χ1v) is 4.59. The molecule has 0 bridgehead atoms. The standard InChI is InChI=1S/C12H18/c1-5-7-11-10(2)8-6-9-12(11,3)4/h5,7H,1-2,6,8-9H2,3-4H3. The fraction of sp³-hybridized carbons (Fsp3) is 0.500. The molecule has 0 aromatic heterocycles. The minimum absolute atomic E-state index is 0.309. The van der Waals surface area contributed by atoms with Gasteiger partial charge in [-0.15, -0.1) is 0 Å². The smallest absolute Gasteiger partial charge is 0.0101 e. The fourth-order valence-corrected chi connectivity index (χ4v) is 1.95. The van der Waals surface area contributed by atoms with Crippen LogP contribution in [0.4, 0.5) is 0 Å². The Morgan fingerprint density at radius 1 is 1.42 bits per heavy atom. The zero-order chi connectivity index (χ0) is 9.19. The maximum absolute atomic E-state index is 4.09. The molecule has 1 saturated carbocycles. The van der Waals surface area contributed by atoms with Crippen molar-refractivity contribution in [2.24, 2.45) is 5.41 Å². The van der Waals surface area contributed by atoms with Crippen molar-refractivity contribution in [2.75, 3.05) is 0 Å². The monoisotopic (exact) mass is 162 g/mol. The highest BCUT2D eigenvalue weighted by molar-refractivity contribution is 5.37. The van der Waals surface area contributed by atoms with E-state index in [9.17, 15) is 0 Å². The van der Waals surface area contributed by atoms with Crippen LogP contribution >= 0.6 is 0 Å². The molecule has 0 aromatic rings. The summed E-state index contributed by atoms with van der Waals surface area (Å²) in [6.07, 6.45) is 7.68. The Morgan fingerprint density at radius 2 is 2.08 bits per heavy atom. The fourth-order valence-electron chi connectivity index (χ4n) is 1.95. The van der Waals surface area contributed by atoms with E-state index in [4.69, 9.17) is 0 Å². The topological polar surface area (TPSA) is 0 Å². The number of allylic oxidation sites excluding steroid dienone is 4. The maximum Gasteiger partial charge on any atom is -0.0101 e. The molecule has 0 saturated heterocycles. The summed E-state index contributed by atoms with van der Waals surface area (Å²) < 4.78 is 0. The van der Waals surface area contributed by atoms with Crippen LogP contribution < -0.4 is 0 Å². The quantitative estimate of drug-likeness (QED) is 0.549. The second-order valence-corrected chi connectivity index (χ2v) is 4.16. The first-order valence-electron chi connectivity index (χ1n) is 4.59. The molecule has 1 aliphatic carbocycles. The summed E-state index contributed by atoms with van der Waals surface area (Å²) >= 11 is 0. The molecule has 1 aliphatic rings. The predicted molar refractivity (Wildman–Crippen MR) is 55.1 cm³/mol. The van der Waals surface area contributed by atoms with E-state index in [1.54, 1.807) is 0 Å². The van der Waals surface area contributed by atoms with E-state index in [1.807, 2.05) is 6.08 Å². The summed E-state index contributed by atoms with van der Waals surface area (Å²) in [5, 5.41) is 0. The highest BCUT2D eigenvalue weighted by Crippen LogP contribution is 2.42. The summed E-state index contributed by atoms with van der Waals surface area (Å²) in [5.74, 6) is 0. The lowest BCUT2D eigenvalue weighted by atomic mass is 9.71. The van der Waals surface area contributed by atoms with E-state index in [1.165, 1.54) is 24.0 Å². The Bertz CT molecular complexity index is 228. The van der Waals surface area contributed by atoms with Crippen molar-refractivity contribution in [1.29, 1.82) is 0 Å². The highest BCUT2D eigenvalue weighted by Gasteiger charge is 2.27. The van der Waals surface area contributed by atoms with Crippen LogP contribution in [0.1, 0.15) is 33.1 Å². The molecule has 0 spiro atoms.